The van der Waals surface area contributed by atoms with Crippen molar-refractivity contribution in [3.63, 3.8) is 0 Å². The number of nitrogens with one attached hydrogen (secondary N) is 2. The first-order valence-electron chi connectivity index (χ1n) is 6.97. The molecule has 7 nitrogen and oxygen atoms in total. The lowest BCUT2D eigenvalue weighted by Gasteiger charge is -2.03. The molecule has 0 aliphatic rings. The van der Waals surface area contributed by atoms with Crippen LogP contribution < -0.4 is 11.1 Å². The van der Waals surface area contributed by atoms with Crippen LogP contribution in [0.15, 0.2) is 48.5 Å². The third-order valence-corrected chi connectivity index (χ3v) is 3.33. The topological polar surface area (TPSA) is 106 Å². The molecule has 0 unspecified atom stereocenters. The number of rotatable bonds is 4. The van der Waals surface area contributed by atoms with E-state index in [0.717, 1.165) is 11.4 Å². The van der Waals surface area contributed by atoms with Gasteiger partial charge in [0.2, 0.25) is 0 Å². The van der Waals surface area contributed by atoms with Crippen LogP contribution in [-0.4, -0.2) is 26.6 Å². The minimum atomic E-state index is -0.617. The number of amides is 2. The Morgan fingerprint density at radius 2 is 1.83 bits per heavy atom. The summed E-state index contributed by atoms with van der Waals surface area (Å²) in [5.74, 6) is -0.588. The second-order valence-electron chi connectivity index (χ2n) is 5.02. The number of aryl methyl sites for hydroxylation is 1. The summed E-state index contributed by atoms with van der Waals surface area (Å²) in [7, 11) is 0. The van der Waals surface area contributed by atoms with Crippen molar-refractivity contribution in [1.29, 1.82) is 0 Å². The fraction of sp³-hybridized carbons (Fsp3) is 0.0625. The van der Waals surface area contributed by atoms with Gasteiger partial charge >= 0.3 is 0 Å². The molecule has 0 saturated carbocycles. The molecule has 116 valence electrons. The molecule has 0 saturated heterocycles. The van der Waals surface area contributed by atoms with Gasteiger partial charge in [0.1, 0.15) is 11.4 Å². The molecule has 23 heavy (non-hydrogen) atoms. The maximum Gasteiger partial charge on any atom is 0.273 e. The summed E-state index contributed by atoms with van der Waals surface area (Å²) in [6.45, 7) is 1.90. The molecule has 0 atom stereocenters. The van der Waals surface area contributed by atoms with Gasteiger partial charge < -0.3 is 16.0 Å². The monoisotopic (exact) mass is 309 g/mol. The fourth-order valence-electron chi connectivity index (χ4n) is 2.22. The van der Waals surface area contributed by atoms with Gasteiger partial charge in [-0.3, -0.25) is 9.59 Å². The number of hydrogen-bond acceptors (Lipinski definition) is 3. The van der Waals surface area contributed by atoms with Crippen LogP contribution in [0, 0.1) is 6.92 Å². The molecule has 2 aromatic heterocycles. The Labute approximate surface area is 132 Å². The Morgan fingerprint density at radius 1 is 1.13 bits per heavy atom. The number of primary amides is 1. The molecule has 2 heterocycles. The lowest BCUT2D eigenvalue weighted by molar-refractivity contribution is 0.0996. The van der Waals surface area contributed by atoms with Gasteiger partial charge in [-0.1, -0.05) is 18.2 Å². The minimum absolute atomic E-state index is 0.182. The number of nitrogens with two attached hydrogens (primary N) is 1. The summed E-state index contributed by atoms with van der Waals surface area (Å²) >= 11 is 0. The van der Waals surface area contributed by atoms with Gasteiger partial charge in [-0.2, -0.15) is 0 Å². The van der Waals surface area contributed by atoms with Gasteiger partial charge in [0, 0.05) is 11.8 Å². The van der Waals surface area contributed by atoms with E-state index in [2.05, 4.69) is 15.4 Å². The second kappa shape index (κ2) is 5.80. The Balaban J connectivity index is 1.80. The van der Waals surface area contributed by atoms with Gasteiger partial charge in [0.15, 0.2) is 5.82 Å². The zero-order chi connectivity index (χ0) is 16.4. The SMILES string of the molecule is Cc1cc(NC(=O)c2ccc(C(N)=O)[nH]2)nn1-c1ccccc1. The Hall–Kier alpha value is -3.35. The van der Waals surface area contributed by atoms with Crippen LogP contribution in [0.3, 0.4) is 0 Å². The quantitative estimate of drug-likeness (QED) is 0.685. The Bertz CT molecular complexity index is 864. The van der Waals surface area contributed by atoms with Crippen molar-refractivity contribution in [1.82, 2.24) is 14.8 Å². The van der Waals surface area contributed by atoms with Crippen molar-refractivity contribution in [3.8, 4) is 5.69 Å². The van der Waals surface area contributed by atoms with Crippen LogP contribution in [0.5, 0.6) is 0 Å². The highest BCUT2D eigenvalue weighted by Crippen LogP contribution is 2.15. The molecule has 2 amide bonds. The average molecular weight is 309 g/mol. The average Bonchev–Trinajstić information content (AvgIpc) is 3.15. The van der Waals surface area contributed by atoms with Crippen molar-refractivity contribution >= 4 is 17.6 Å². The number of H-pyrrole nitrogens is 1. The smallest absolute Gasteiger partial charge is 0.273 e. The highest BCUT2D eigenvalue weighted by atomic mass is 16.2. The molecule has 3 aromatic rings. The summed E-state index contributed by atoms with van der Waals surface area (Å²) in [5.41, 5.74) is 7.36. The van der Waals surface area contributed by atoms with Gasteiger partial charge in [-0.05, 0) is 31.2 Å². The molecular weight excluding hydrogens is 294 g/mol. The van der Waals surface area contributed by atoms with E-state index in [1.54, 1.807) is 10.7 Å². The molecule has 3 rings (SSSR count). The van der Waals surface area contributed by atoms with E-state index >= 15 is 0 Å². The number of hydrogen-bond donors (Lipinski definition) is 3. The molecule has 1 aromatic carbocycles. The van der Waals surface area contributed by atoms with Crippen molar-refractivity contribution in [2.45, 2.75) is 6.92 Å². The molecule has 0 aliphatic carbocycles. The van der Waals surface area contributed by atoms with E-state index in [4.69, 9.17) is 5.73 Å². The summed E-state index contributed by atoms with van der Waals surface area (Å²) in [6, 6.07) is 14.3. The summed E-state index contributed by atoms with van der Waals surface area (Å²) in [6.07, 6.45) is 0. The summed E-state index contributed by atoms with van der Waals surface area (Å²) < 4.78 is 1.74. The number of aromatic amines is 1. The van der Waals surface area contributed by atoms with Crippen molar-refractivity contribution in [2.75, 3.05) is 5.32 Å². The number of benzene rings is 1. The lowest BCUT2D eigenvalue weighted by atomic mass is 10.3. The molecular formula is C16H15N5O2. The van der Waals surface area contributed by atoms with Crippen molar-refractivity contribution in [3.05, 3.63) is 65.6 Å². The third kappa shape index (κ3) is 2.98. The van der Waals surface area contributed by atoms with Crippen LogP contribution in [0.25, 0.3) is 5.69 Å². The Kier molecular flexibility index (Phi) is 3.68. The van der Waals surface area contributed by atoms with Crippen LogP contribution in [-0.2, 0) is 0 Å². The van der Waals surface area contributed by atoms with Gasteiger partial charge in [-0.15, -0.1) is 5.10 Å². The largest absolute Gasteiger partial charge is 0.364 e. The normalized spacial score (nSPS) is 10.5. The summed E-state index contributed by atoms with van der Waals surface area (Å²) in [4.78, 5) is 25.9. The highest BCUT2D eigenvalue weighted by molar-refractivity contribution is 6.03. The van der Waals surface area contributed by atoms with Gasteiger partial charge in [0.25, 0.3) is 11.8 Å². The second-order valence-corrected chi connectivity index (χ2v) is 5.02. The first-order chi connectivity index (χ1) is 11.0. The van der Waals surface area contributed by atoms with Crippen molar-refractivity contribution < 1.29 is 9.59 Å². The fourth-order valence-corrected chi connectivity index (χ4v) is 2.22. The van der Waals surface area contributed by atoms with Crippen LogP contribution in [0.4, 0.5) is 5.82 Å². The molecule has 0 spiro atoms. The maximum absolute atomic E-state index is 12.2. The molecule has 0 bridgehead atoms. The van der Waals surface area contributed by atoms with E-state index in [1.165, 1.54) is 12.1 Å². The zero-order valence-corrected chi connectivity index (χ0v) is 12.4. The maximum atomic E-state index is 12.2. The predicted molar refractivity (Wildman–Crippen MR) is 85.6 cm³/mol. The van der Waals surface area contributed by atoms with Gasteiger partial charge in [0.05, 0.1) is 5.69 Å². The lowest BCUT2D eigenvalue weighted by Crippen LogP contribution is -2.15. The number of aromatic nitrogens is 3. The van der Waals surface area contributed by atoms with E-state index < -0.39 is 11.8 Å². The Morgan fingerprint density at radius 3 is 2.48 bits per heavy atom. The van der Waals surface area contributed by atoms with E-state index in [0.29, 0.717) is 5.82 Å². The first-order valence-corrected chi connectivity index (χ1v) is 6.97. The molecule has 0 aliphatic heterocycles. The number of nitrogens with zero attached hydrogens (tertiary/aromatic N) is 2. The van der Waals surface area contributed by atoms with Crippen LogP contribution in [0.1, 0.15) is 26.7 Å². The van der Waals surface area contributed by atoms with E-state index in [-0.39, 0.29) is 11.4 Å². The van der Waals surface area contributed by atoms with Crippen molar-refractivity contribution in [2.24, 2.45) is 5.73 Å². The number of anilines is 1. The van der Waals surface area contributed by atoms with Gasteiger partial charge in [-0.25, -0.2) is 4.68 Å². The molecule has 0 fully saturated rings. The molecule has 7 heteroatoms. The number of carbonyl (C=O) groups is 2. The first kappa shape index (κ1) is 14.6. The summed E-state index contributed by atoms with van der Waals surface area (Å²) in [5, 5.41) is 7.05. The number of para-hydroxylation sites is 1. The van der Waals surface area contributed by atoms with Crippen LogP contribution in [0.2, 0.25) is 0 Å². The van der Waals surface area contributed by atoms with Crippen LogP contribution >= 0.6 is 0 Å². The predicted octanol–water partition coefficient (Wildman–Crippen LogP) is 1.86. The standard InChI is InChI=1S/C16H15N5O2/c1-10-9-14(20-21(10)11-5-3-2-4-6-11)19-16(23)13-8-7-12(18-13)15(17)22/h2-9,18H,1H3,(H2,17,22)(H,19,20,23). The highest BCUT2D eigenvalue weighted by Gasteiger charge is 2.13. The number of carbonyl (C=O) groups excluding carboxylic acids is 2. The van der Waals surface area contributed by atoms with E-state index in [9.17, 15) is 9.59 Å². The molecule has 4 N–H and O–H groups in total. The van der Waals surface area contributed by atoms with E-state index in [1.807, 2.05) is 37.3 Å². The minimum Gasteiger partial charge on any atom is -0.364 e. The molecule has 0 radical (unpaired) electrons. The third-order valence-electron chi connectivity index (χ3n) is 3.33. The zero-order valence-electron chi connectivity index (χ0n) is 12.4.